The maximum Gasteiger partial charge on any atom is 0.0991 e. The van der Waals surface area contributed by atoms with Gasteiger partial charge in [-0.3, -0.25) is 9.80 Å². The molecule has 0 bridgehead atoms. The number of hydrogen-bond donors (Lipinski definition) is 0. The van der Waals surface area contributed by atoms with Crippen molar-refractivity contribution < 1.29 is 4.74 Å². The van der Waals surface area contributed by atoms with Gasteiger partial charge in [-0.2, -0.15) is 5.26 Å². The molecule has 4 heteroatoms. The molecule has 0 saturated carbocycles. The van der Waals surface area contributed by atoms with Gasteiger partial charge >= 0.3 is 0 Å². The van der Waals surface area contributed by atoms with E-state index >= 15 is 0 Å². The third-order valence-electron chi connectivity index (χ3n) is 4.82. The van der Waals surface area contributed by atoms with E-state index in [0.29, 0.717) is 0 Å². The van der Waals surface area contributed by atoms with Gasteiger partial charge < -0.3 is 4.74 Å². The molecular formula is C18H25N3O. The predicted molar refractivity (Wildman–Crippen MR) is 86.5 cm³/mol. The monoisotopic (exact) mass is 299 g/mol. The van der Waals surface area contributed by atoms with Gasteiger partial charge in [0, 0.05) is 38.9 Å². The van der Waals surface area contributed by atoms with Crippen molar-refractivity contribution >= 4 is 0 Å². The van der Waals surface area contributed by atoms with E-state index in [1.54, 1.807) is 0 Å². The maximum atomic E-state index is 8.87. The van der Waals surface area contributed by atoms with E-state index in [1.165, 1.54) is 44.5 Å². The van der Waals surface area contributed by atoms with Gasteiger partial charge in [0.05, 0.1) is 11.6 Å². The van der Waals surface area contributed by atoms with Crippen LogP contribution in [-0.2, 0) is 11.3 Å². The topological polar surface area (TPSA) is 39.5 Å². The summed E-state index contributed by atoms with van der Waals surface area (Å²) in [5.41, 5.74) is 2.05. The molecule has 1 aromatic carbocycles. The number of hydrogen-bond acceptors (Lipinski definition) is 4. The Bertz CT molecular complexity index is 502. The molecule has 118 valence electrons. The molecule has 0 unspecified atom stereocenters. The molecule has 3 rings (SSSR count). The molecule has 2 heterocycles. The largest absolute Gasteiger partial charge is 0.381 e. The summed E-state index contributed by atoms with van der Waals surface area (Å²) in [6, 6.07) is 10.9. The number of nitriles is 1. The van der Waals surface area contributed by atoms with Gasteiger partial charge in [-0.25, -0.2) is 0 Å². The van der Waals surface area contributed by atoms with Crippen molar-refractivity contribution in [2.75, 3.05) is 39.4 Å². The average molecular weight is 299 g/mol. The molecule has 0 N–H and O–H groups in total. The first kappa shape index (κ1) is 15.5. The van der Waals surface area contributed by atoms with Crippen LogP contribution in [0, 0.1) is 11.3 Å². The zero-order chi connectivity index (χ0) is 15.2. The lowest BCUT2D eigenvalue weighted by atomic mass is 10.1. The summed E-state index contributed by atoms with van der Waals surface area (Å²) >= 11 is 0. The molecule has 2 aliphatic rings. The van der Waals surface area contributed by atoms with Crippen LogP contribution in [0.3, 0.4) is 0 Å². The van der Waals surface area contributed by atoms with Crippen molar-refractivity contribution in [2.24, 2.45) is 0 Å². The first-order chi connectivity index (χ1) is 10.8. The summed E-state index contributed by atoms with van der Waals surface area (Å²) in [7, 11) is 0. The van der Waals surface area contributed by atoms with Gasteiger partial charge in [0.25, 0.3) is 0 Å². The summed E-state index contributed by atoms with van der Waals surface area (Å²) in [5.74, 6) is 0. The minimum Gasteiger partial charge on any atom is -0.381 e. The van der Waals surface area contributed by atoms with Crippen LogP contribution in [0.4, 0.5) is 0 Å². The lowest BCUT2D eigenvalue weighted by Gasteiger charge is -2.33. The summed E-state index contributed by atoms with van der Waals surface area (Å²) < 4.78 is 5.48. The zero-order valence-electron chi connectivity index (χ0n) is 13.2. The zero-order valence-corrected chi connectivity index (χ0v) is 13.2. The molecule has 2 aliphatic heterocycles. The number of benzene rings is 1. The van der Waals surface area contributed by atoms with E-state index in [9.17, 15) is 0 Å². The Morgan fingerprint density at radius 2 is 1.82 bits per heavy atom. The van der Waals surface area contributed by atoms with E-state index in [0.717, 1.165) is 37.9 Å². The second-order valence-electron chi connectivity index (χ2n) is 6.32. The molecule has 0 atom stereocenters. The van der Waals surface area contributed by atoms with Gasteiger partial charge in [0.1, 0.15) is 0 Å². The Kier molecular flexibility index (Phi) is 5.44. The van der Waals surface area contributed by atoms with Crippen LogP contribution >= 0.6 is 0 Å². The van der Waals surface area contributed by atoms with Gasteiger partial charge in [0.2, 0.25) is 0 Å². The number of nitrogens with zero attached hydrogens (tertiary/aromatic N) is 3. The Hall–Kier alpha value is -1.41. The Labute approximate surface area is 133 Å². The van der Waals surface area contributed by atoms with Crippen molar-refractivity contribution in [3.63, 3.8) is 0 Å². The number of ether oxygens (including phenoxy) is 1. The van der Waals surface area contributed by atoms with Gasteiger partial charge in [-0.15, -0.1) is 0 Å². The lowest BCUT2D eigenvalue weighted by Crippen LogP contribution is -2.41. The van der Waals surface area contributed by atoms with Crippen molar-refractivity contribution in [2.45, 2.75) is 31.8 Å². The maximum absolute atomic E-state index is 8.87. The van der Waals surface area contributed by atoms with Gasteiger partial charge in [-0.1, -0.05) is 12.1 Å². The quantitative estimate of drug-likeness (QED) is 0.858. The third-order valence-corrected chi connectivity index (χ3v) is 4.82. The fraction of sp³-hybridized carbons (Fsp3) is 0.611. The first-order valence-electron chi connectivity index (χ1n) is 8.38. The smallest absolute Gasteiger partial charge is 0.0991 e. The molecule has 2 fully saturated rings. The molecule has 0 aromatic heterocycles. The fourth-order valence-corrected chi connectivity index (χ4v) is 3.51. The third kappa shape index (κ3) is 4.07. The second kappa shape index (κ2) is 7.73. The summed E-state index contributed by atoms with van der Waals surface area (Å²) in [5, 5.41) is 8.87. The minimum atomic E-state index is 0.726. The van der Waals surface area contributed by atoms with Crippen molar-refractivity contribution in [1.82, 2.24) is 9.80 Å². The van der Waals surface area contributed by atoms with E-state index in [4.69, 9.17) is 10.00 Å². The van der Waals surface area contributed by atoms with Crippen molar-refractivity contribution in [3.8, 4) is 6.07 Å². The Morgan fingerprint density at radius 1 is 1.05 bits per heavy atom. The van der Waals surface area contributed by atoms with E-state index in [2.05, 4.69) is 28.0 Å². The normalized spacial score (nSPS) is 22.1. The molecule has 22 heavy (non-hydrogen) atoms. The van der Waals surface area contributed by atoms with Crippen LogP contribution in [0.5, 0.6) is 0 Å². The highest BCUT2D eigenvalue weighted by atomic mass is 16.5. The lowest BCUT2D eigenvalue weighted by molar-refractivity contribution is 0.0353. The van der Waals surface area contributed by atoms with Crippen LogP contribution in [0.2, 0.25) is 0 Å². The van der Waals surface area contributed by atoms with Crippen molar-refractivity contribution in [3.05, 3.63) is 35.4 Å². The van der Waals surface area contributed by atoms with Crippen LogP contribution in [0.1, 0.15) is 30.4 Å². The molecular weight excluding hydrogens is 274 g/mol. The molecule has 0 aliphatic carbocycles. The average Bonchev–Trinajstić information content (AvgIpc) is 2.82. The highest BCUT2D eigenvalue weighted by Gasteiger charge is 2.23. The van der Waals surface area contributed by atoms with Gasteiger partial charge in [-0.05, 0) is 50.0 Å². The van der Waals surface area contributed by atoms with E-state index in [1.807, 2.05) is 12.1 Å². The molecule has 0 spiro atoms. The molecule has 1 aromatic rings. The van der Waals surface area contributed by atoms with E-state index in [-0.39, 0.29) is 0 Å². The minimum absolute atomic E-state index is 0.726. The van der Waals surface area contributed by atoms with Crippen LogP contribution in [-0.4, -0.2) is 55.2 Å². The van der Waals surface area contributed by atoms with Gasteiger partial charge in [0.15, 0.2) is 0 Å². The highest BCUT2D eigenvalue weighted by molar-refractivity contribution is 5.31. The SMILES string of the molecule is N#Cc1ccc(CN2CCCN(C3CCOCC3)CC2)cc1. The Morgan fingerprint density at radius 3 is 2.55 bits per heavy atom. The summed E-state index contributed by atoms with van der Waals surface area (Å²) in [4.78, 5) is 5.21. The highest BCUT2D eigenvalue weighted by Crippen LogP contribution is 2.17. The molecule has 4 nitrogen and oxygen atoms in total. The van der Waals surface area contributed by atoms with Crippen molar-refractivity contribution in [1.29, 1.82) is 5.26 Å². The first-order valence-corrected chi connectivity index (χ1v) is 8.38. The fourth-order valence-electron chi connectivity index (χ4n) is 3.51. The summed E-state index contributed by atoms with van der Waals surface area (Å²) in [6.07, 6.45) is 3.62. The predicted octanol–water partition coefficient (Wildman–Crippen LogP) is 2.24. The molecule has 0 amide bonds. The number of rotatable bonds is 3. The van der Waals surface area contributed by atoms with Crippen LogP contribution < -0.4 is 0 Å². The second-order valence-corrected chi connectivity index (χ2v) is 6.32. The van der Waals surface area contributed by atoms with Crippen LogP contribution in [0.25, 0.3) is 0 Å². The van der Waals surface area contributed by atoms with E-state index < -0.39 is 0 Å². The standard InChI is InChI=1S/C18H25N3O/c19-14-16-2-4-17(5-3-16)15-20-8-1-9-21(11-10-20)18-6-12-22-13-7-18/h2-5,18H,1,6-13,15H2. The van der Waals surface area contributed by atoms with Crippen LogP contribution in [0.15, 0.2) is 24.3 Å². The molecule has 2 saturated heterocycles. The molecule has 0 radical (unpaired) electrons. The Balaban J connectivity index is 1.52. The summed E-state index contributed by atoms with van der Waals surface area (Å²) in [6.45, 7) is 7.53.